The van der Waals surface area contributed by atoms with E-state index in [0.29, 0.717) is 24.9 Å². The maximum atomic E-state index is 12.3. The largest absolute Gasteiger partial charge is 0.478 e. The molecule has 1 aromatic rings. The van der Waals surface area contributed by atoms with Crippen LogP contribution in [0.3, 0.4) is 0 Å². The zero-order chi connectivity index (χ0) is 34.1. The van der Waals surface area contributed by atoms with Gasteiger partial charge >= 0.3 is 11.9 Å². The molecule has 0 unspecified atom stereocenters. The maximum absolute atomic E-state index is 12.3. The van der Waals surface area contributed by atoms with Gasteiger partial charge in [0.2, 0.25) is 5.79 Å². The van der Waals surface area contributed by atoms with Crippen molar-refractivity contribution in [1.29, 1.82) is 0 Å². The molecular weight excluding hydrogens is 596 g/mol. The van der Waals surface area contributed by atoms with Crippen molar-refractivity contribution in [3.8, 4) is 0 Å². The molecule has 0 aromatic heterocycles. The van der Waals surface area contributed by atoms with Crippen LogP contribution in [0.2, 0.25) is 18.1 Å². The first kappa shape index (κ1) is 38.5. The van der Waals surface area contributed by atoms with Crippen LogP contribution in [0.4, 0.5) is 0 Å². The number of allylic oxidation sites excluding steroid dienone is 1. The highest BCUT2D eigenvalue weighted by Gasteiger charge is 2.59. The Kier molecular flexibility index (Phi) is 13.9. The third-order valence-electron chi connectivity index (χ3n) is 8.67. The van der Waals surface area contributed by atoms with Crippen LogP contribution in [0, 0.1) is 5.41 Å². The molecule has 1 heterocycles. The number of methoxy groups -OCH3 is 1. The summed E-state index contributed by atoms with van der Waals surface area (Å²) in [5, 5.41) is 9.69. The van der Waals surface area contributed by atoms with Gasteiger partial charge in [-0.05, 0) is 48.7 Å². The number of esters is 1. The quantitative estimate of drug-likeness (QED) is 0.0553. The van der Waals surface area contributed by atoms with E-state index in [4.69, 9.17) is 28.1 Å². The average molecular weight is 649 g/mol. The Morgan fingerprint density at radius 2 is 1.80 bits per heavy atom. The van der Waals surface area contributed by atoms with Gasteiger partial charge in [-0.2, -0.15) is 0 Å². The molecule has 0 amide bonds. The van der Waals surface area contributed by atoms with Crippen molar-refractivity contribution in [1.82, 2.24) is 0 Å². The standard InChI is InChI=1S/C34H52O10Si/c1-24(41-23-40-22-26-15-12-11-13-16-26)29(44-45(9,10)32(3,4)5)21-28-19-27(20-30(37)38)31(42-25(2)36)34(39-8,43-28)33(6,7)17-14-18-35/h11-18,20,24,28-29,31H,19,21-23H2,1-10H3,(H,37,38)/b17-14+,27-20+/t24-,28+,29-,31+,34-/m1/s1. The molecule has 1 aromatic carbocycles. The van der Waals surface area contributed by atoms with E-state index in [-0.39, 0.29) is 18.3 Å². The minimum atomic E-state index is -2.33. The molecule has 1 saturated heterocycles. The molecule has 2 rings (SSSR count). The van der Waals surface area contributed by atoms with Crippen LogP contribution in [0.25, 0.3) is 0 Å². The van der Waals surface area contributed by atoms with Crippen molar-refractivity contribution in [2.75, 3.05) is 13.9 Å². The number of rotatable bonds is 16. The number of hydrogen-bond acceptors (Lipinski definition) is 9. The predicted molar refractivity (Wildman–Crippen MR) is 173 cm³/mol. The maximum Gasteiger partial charge on any atom is 0.328 e. The molecule has 0 aliphatic carbocycles. The summed E-state index contributed by atoms with van der Waals surface area (Å²) in [6.07, 6.45) is 2.32. The highest BCUT2D eigenvalue weighted by Crippen LogP contribution is 2.49. The topological polar surface area (TPSA) is 127 Å². The number of carboxylic acid groups (broad SMARTS) is 1. The van der Waals surface area contributed by atoms with Crippen LogP contribution in [-0.4, -0.2) is 75.8 Å². The van der Waals surface area contributed by atoms with Crippen LogP contribution >= 0.6 is 0 Å². The summed E-state index contributed by atoms with van der Waals surface area (Å²) < 4.78 is 37.3. The first-order valence-corrected chi connectivity index (χ1v) is 18.2. The fourth-order valence-corrected chi connectivity index (χ4v) is 6.56. The third kappa shape index (κ3) is 10.4. The van der Waals surface area contributed by atoms with Gasteiger partial charge in [0, 0.05) is 31.9 Å². The summed E-state index contributed by atoms with van der Waals surface area (Å²) in [5.74, 6) is -3.51. The fourth-order valence-electron chi connectivity index (χ4n) is 5.16. The Hall–Kier alpha value is -2.67. The molecule has 5 atom stereocenters. The lowest BCUT2D eigenvalue weighted by molar-refractivity contribution is -0.338. The molecule has 1 aliphatic heterocycles. The minimum absolute atomic E-state index is 0.0448. The number of carbonyl (C=O) groups excluding carboxylic acids is 2. The summed E-state index contributed by atoms with van der Waals surface area (Å²) in [7, 11) is -0.918. The number of carbonyl (C=O) groups is 3. The van der Waals surface area contributed by atoms with Gasteiger partial charge < -0.3 is 33.2 Å². The molecule has 0 bridgehead atoms. The second kappa shape index (κ2) is 16.2. The Balaban J connectivity index is 2.48. The molecule has 1 N–H and O–H groups in total. The van der Waals surface area contributed by atoms with Crippen LogP contribution in [0.1, 0.15) is 66.9 Å². The van der Waals surface area contributed by atoms with Crippen molar-refractivity contribution in [3.05, 3.63) is 59.7 Å². The van der Waals surface area contributed by atoms with E-state index in [1.165, 1.54) is 20.1 Å². The molecule has 0 saturated carbocycles. The molecule has 0 radical (unpaired) electrons. The van der Waals surface area contributed by atoms with Gasteiger partial charge in [0.05, 0.1) is 24.9 Å². The van der Waals surface area contributed by atoms with Crippen molar-refractivity contribution in [3.63, 3.8) is 0 Å². The van der Waals surface area contributed by atoms with Gasteiger partial charge in [-0.1, -0.05) is 71.0 Å². The number of benzene rings is 1. The van der Waals surface area contributed by atoms with Crippen LogP contribution in [-0.2, 0) is 49.1 Å². The van der Waals surface area contributed by atoms with Crippen LogP contribution in [0.15, 0.2) is 54.1 Å². The molecule has 1 fully saturated rings. The van der Waals surface area contributed by atoms with E-state index in [1.807, 2.05) is 37.3 Å². The Morgan fingerprint density at radius 1 is 1.16 bits per heavy atom. The lowest BCUT2D eigenvalue weighted by atomic mass is 9.74. The highest BCUT2D eigenvalue weighted by molar-refractivity contribution is 6.74. The Morgan fingerprint density at radius 3 is 2.33 bits per heavy atom. The molecular formula is C34H52O10Si. The predicted octanol–water partition coefficient (Wildman–Crippen LogP) is 6.20. The van der Waals surface area contributed by atoms with Crippen molar-refractivity contribution < 1.29 is 47.6 Å². The van der Waals surface area contributed by atoms with Crippen molar-refractivity contribution in [2.24, 2.45) is 5.41 Å². The van der Waals surface area contributed by atoms with Crippen molar-refractivity contribution >= 4 is 26.5 Å². The normalized spacial score (nSPS) is 23.6. The summed E-state index contributed by atoms with van der Waals surface area (Å²) in [6.45, 7) is 17.9. The lowest BCUT2D eigenvalue weighted by Gasteiger charge is -2.53. The number of aldehydes is 1. The van der Waals surface area contributed by atoms with E-state index in [0.717, 1.165) is 11.6 Å². The van der Waals surface area contributed by atoms with Gasteiger partial charge in [0.25, 0.3) is 0 Å². The lowest BCUT2D eigenvalue weighted by Crippen LogP contribution is -2.63. The van der Waals surface area contributed by atoms with Gasteiger partial charge in [0.15, 0.2) is 14.4 Å². The highest BCUT2D eigenvalue weighted by atomic mass is 28.4. The van der Waals surface area contributed by atoms with Crippen molar-refractivity contribution in [2.45, 2.75) is 116 Å². The van der Waals surface area contributed by atoms with E-state index in [2.05, 4.69) is 33.9 Å². The third-order valence-corrected chi connectivity index (χ3v) is 13.2. The zero-order valence-corrected chi connectivity index (χ0v) is 29.5. The van der Waals surface area contributed by atoms with Crippen LogP contribution < -0.4 is 0 Å². The number of hydrogen-bond donors (Lipinski definition) is 1. The summed E-state index contributed by atoms with van der Waals surface area (Å²) in [5.41, 5.74) is 0.289. The summed E-state index contributed by atoms with van der Waals surface area (Å²) in [4.78, 5) is 35.6. The Labute approximate surface area is 269 Å². The molecule has 252 valence electrons. The first-order chi connectivity index (χ1) is 20.9. The SMILES string of the molecule is CO[C@@]1(C(C)(C)/C=C/C=O)O[C@H](C[C@@H](O[Si](C)(C)C(C)(C)C)[C@@H](C)OCOCc2ccccc2)C/C(=C\C(=O)O)[C@@H]1OC(C)=O. The Bertz CT molecular complexity index is 1190. The van der Waals surface area contributed by atoms with E-state index < -0.39 is 55.9 Å². The molecule has 11 heteroatoms. The average Bonchev–Trinajstić information content (AvgIpc) is 2.94. The van der Waals surface area contributed by atoms with E-state index in [1.54, 1.807) is 19.9 Å². The fraction of sp³-hybridized carbons (Fsp3) is 0.618. The van der Waals surface area contributed by atoms with Gasteiger partial charge in [-0.25, -0.2) is 4.79 Å². The van der Waals surface area contributed by atoms with Gasteiger partial charge in [-0.15, -0.1) is 0 Å². The molecule has 45 heavy (non-hydrogen) atoms. The summed E-state index contributed by atoms with van der Waals surface area (Å²) in [6, 6.07) is 9.80. The monoisotopic (exact) mass is 648 g/mol. The zero-order valence-electron chi connectivity index (χ0n) is 28.5. The van der Waals surface area contributed by atoms with E-state index >= 15 is 0 Å². The molecule has 10 nitrogen and oxygen atoms in total. The number of ether oxygens (including phenoxy) is 5. The number of aliphatic carboxylic acids is 1. The van der Waals surface area contributed by atoms with Gasteiger partial charge in [-0.3, -0.25) is 9.59 Å². The number of carboxylic acids is 1. The van der Waals surface area contributed by atoms with Gasteiger partial charge in [0.1, 0.15) is 13.1 Å². The minimum Gasteiger partial charge on any atom is -0.478 e. The molecule has 0 spiro atoms. The first-order valence-electron chi connectivity index (χ1n) is 15.3. The molecule has 1 aliphatic rings. The second-order valence-corrected chi connectivity index (χ2v) is 18.3. The summed E-state index contributed by atoms with van der Waals surface area (Å²) >= 11 is 0. The van der Waals surface area contributed by atoms with Crippen LogP contribution in [0.5, 0.6) is 0 Å². The second-order valence-electron chi connectivity index (χ2n) is 13.6. The smallest absolute Gasteiger partial charge is 0.328 e. The van der Waals surface area contributed by atoms with E-state index in [9.17, 15) is 19.5 Å².